The molecule has 0 spiro atoms. The largest absolute Gasteiger partial charge is 0.351 e. The van der Waals surface area contributed by atoms with Crippen LogP contribution in [0.4, 0.5) is 0 Å². The number of hydrogen-bond donors (Lipinski definition) is 2. The molecule has 3 rings (SSSR count). The van der Waals surface area contributed by atoms with Gasteiger partial charge in [0.15, 0.2) is 5.69 Å². The van der Waals surface area contributed by atoms with Crippen LogP contribution in [0.2, 0.25) is 0 Å². The molecule has 22 heavy (non-hydrogen) atoms. The predicted molar refractivity (Wildman–Crippen MR) is 89.3 cm³/mol. The fourth-order valence-electron chi connectivity index (χ4n) is 2.83. The number of amides is 1. The average Bonchev–Trinajstić information content (AvgIpc) is 3.09. The third kappa shape index (κ3) is 2.94. The van der Waals surface area contributed by atoms with Crippen molar-refractivity contribution in [2.75, 3.05) is 13.1 Å². The molecule has 1 aromatic carbocycles. The van der Waals surface area contributed by atoms with Crippen molar-refractivity contribution >= 4 is 21.8 Å². The average molecular weight is 363 g/mol. The van der Waals surface area contributed by atoms with Crippen LogP contribution in [0.3, 0.4) is 0 Å². The molecular weight excluding hydrogens is 344 g/mol. The molecule has 116 valence electrons. The highest BCUT2D eigenvalue weighted by Gasteiger charge is 2.26. The molecule has 1 amide bonds. The SMILES string of the molecule is NCCCNC(=O)c1nn(-c2cccc(Br)c2)c2c1CCC2. The Hall–Kier alpha value is -1.66. The first-order chi connectivity index (χ1) is 10.7. The number of hydrogen-bond acceptors (Lipinski definition) is 3. The van der Waals surface area contributed by atoms with Gasteiger partial charge in [-0.2, -0.15) is 5.10 Å². The zero-order valence-electron chi connectivity index (χ0n) is 12.3. The van der Waals surface area contributed by atoms with Gasteiger partial charge < -0.3 is 11.1 Å². The molecule has 1 aliphatic rings. The Morgan fingerprint density at radius 2 is 2.27 bits per heavy atom. The normalized spacial score (nSPS) is 13.2. The van der Waals surface area contributed by atoms with Crippen LogP contribution in [0.15, 0.2) is 28.7 Å². The number of rotatable bonds is 5. The minimum absolute atomic E-state index is 0.0969. The van der Waals surface area contributed by atoms with E-state index >= 15 is 0 Å². The lowest BCUT2D eigenvalue weighted by atomic mass is 10.2. The molecule has 0 radical (unpaired) electrons. The Kier molecular flexibility index (Phi) is 4.59. The van der Waals surface area contributed by atoms with E-state index in [1.807, 2.05) is 28.9 Å². The molecule has 0 aliphatic heterocycles. The van der Waals surface area contributed by atoms with Crippen LogP contribution in [0.5, 0.6) is 0 Å². The van der Waals surface area contributed by atoms with Crippen molar-refractivity contribution < 1.29 is 4.79 Å². The number of nitrogens with zero attached hydrogens (tertiary/aromatic N) is 2. The molecule has 0 unspecified atom stereocenters. The number of carbonyl (C=O) groups excluding carboxylic acids is 1. The molecule has 6 heteroatoms. The summed E-state index contributed by atoms with van der Waals surface area (Å²) in [4.78, 5) is 12.4. The third-order valence-electron chi connectivity index (χ3n) is 3.86. The zero-order valence-corrected chi connectivity index (χ0v) is 13.9. The quantitative estimate of drug-likeness (QED) is 0.800. The summed E-state index contributed by atoms with van der Waals surface area (Å²) in [6, 6.07) is 7.98. The van der Waals surface area contributed by atoms with Crippen molar-refractivity contribution in [2.24, 2.45) is 5.73 Å². The van der Waals surface area contributed by atoms with Crippen molar-refractivity contribution in [1.82, 2.24) is 15.1 Å². The van der Waals surface area contributed by atoms with Crippen LogP contribution < -0.4 is 11.1 Å². The van der Waals surface area contributed by atoms with E-state index in [-0.39, 0.29) is 5.91 Å². The van der Waals surface area contributed by atoms with Gasteiger partial charge in [-0.3, -0.25) is 4.79 Å². The number of aromatic nitrogens is 2. The van der Waals surface area contributed by atoms with Crippen LogP contribution in [0, 0.1) is 0 Å². The van der Waals surface area contributed by atoms with Gasteiger partial charge in [-0.15, -0.1) is 0 Å². The maximum atomic E-state index is 12.4. The minimum atomic E-state index is -0.0969. The van der Waals surface area contributed by atoms with E-state index in [0.717, 1.165) is 47.1 Å². The Bertz CT molecular complexity index is 695. The molecule has 0 fully saturated rings. The summed E-state index contributed by atoms with van der Waals surface area (Å²) in [5.41, 5.74) is 9.25. The van der Waals surface area contributed by atoms with Crippen molar-refractivity contribution in [3.05, 3.63) is 45.7 Å². The fourth-order valence-corrected chi connectivity index (χ4v) is 3.22. The first-order valence-corrected chi connectivity index (χ1v) is 8.35. The van der Waals surface area contributed by atoms with E-state index in [9.17, 15) is 4.79 Å². The van der Waals surface area contributed by atoms with E-state index in [4.69, 9.17) is 5.73 Å². The molecule has 5 nitrogen and oxygen atoms in total. The summed E-state index contributed by atoms with van der Waals surface area (Å²) >= 11 is 3.49. The Morgan fingerprint density at radius 3 is 3.05 bits per heavy atom. The molecule has 0 saturated heterocycles. The number of carbonyl (C=O) groups is 1. The van der Waals surface area contributed by atoms with E-state index in [0.29, 0.717) is 18.8 Å². The van der Waals surface area contributed by atoms with E-state index in [2.05, 4.69) is 26.3 Å². The van der Waals surface area contributed by atoms with E-state index in [1.165, 1.54) is 0 Å². The maximum Gasteiger partial charge on any atom is 0.272 e. The summed E-state index contributed by atoms with van der Waals surface area (Å²) in [6.07, 6.45) is 3.73. The van der Waals surface area contributed by atoms with E-state index in [1.54, 1.807) is 0 Å². The summed E-state index contributed by atoms with van der Waals surface area (Å²) in [5, 5.41) is 7.48. The van der Waals surface area contributed by atoms with E-state index < -0.39 is 0 Å². The Labute approximate surface area is 138 Å². The molecule has 2 aromatic rings. The highest BCUT2D eigenvalue weighted by Crippen LogP contribution is 2.28. The monoisotopic (exact) mass is 362 g/mol. The molecule has 1 aromatic heterocycles. The van der Waals surface area contributed by atoms with Crippen molar-refractivity contribution in [3.63, 3.8) is 0 Å². The first kappa shape index (κ1) is 15.2. The second-order valence-corrected chi connectivity index (χ2v) is 6.33. The molecule has 0 saturated carbocycles. The maximum absolute atomic E-state index is 12.4. The van der Waals surface area contributed by atoms with Gasteiger partial charge in [0.05, 0.1) is 5.69 Å². The van der Waals surface area contributed by atoms with Crippen LogP contribution in [-0.4, -0.2) is 28.8 Å². The highest BCUT2D eigenvalue weighted by molar-refractivity contribution is 9.10. The molecule has 1 aliphatic carbocycles. The molecule has 0 atom stereocenters. The number of nitrogens with two attached hydrogens (primary N) is 1. The molecule has 0 bridgehead atoms. The van der Waals surface area contributed by atoms with Gasteiger partial charge in [0.2, 0.25) is 0 Å². The zero-order chi connectivity index (χ0) is 15.5. The molecular formula is C16H19BrN4O. The fraction of sp³-hybridized carbons (Fsp3) is 0.375. The number of fused-ring (bicyclic) bond motifs is 1. The Balaban J connectivity index is 1.93. The summed E-state index contributed by atoms with van der Waals surface area (Å²) < 4.78 is 2.91. The Morgan fingerprint density at radius 1 is 1.41 bits per heavy atom. The van der Waals surface area contributed by atoms with Crippen LogP contribution in [0.25, 0.3) is 5.69 Å². The first-order valence-electron chi connectivity index (χ1n) is 7.55. The number of halogens is 1. The third-order valence-corrected chi connectivity index (χ3v) is 4.36. The lowest BCUT2D eigenvalue weighted by Gasteiger charge is -2.06. The minimum Gasteiger partial charge on any atom is -0.351 e. The standard InChI is InChI=1S/C16H19BrN4O/c17-11-4-1-5-12(10-11)21-14-7-2-6-13(14)15(20-21)16(22)19-9-3-8-18/h1,4-5,10H,2-3,6-9,18H2,(H,19,22). The summed E-state index contributed by atoms with van der Waals surface area (Å²) in [5.74, 6) is -0.0969. The highest BCUT2D eigenvalue weighted by atomic mass is 79.9. The van der Waals surface area contributed by atoms with Gasteiger partial charge in [-0.1, -0.05) is 22.0 Å². The van der Waals surface area contributed by atoms with Crippen LogP contribution in [-0.2, 0) is 12.8 Å². The summed E-state index contributed by atoms with van der Waals surface area (Å²) in [7, 11) is 0. The lowest BCUT2D eigenvalue weighted by Crippen LogP contribution is -2.27. The topological polar surface area (TPSA) is 72.9 Å². The van der Waals surface area contributed by atoms with Gasteiger partial charge in [0.25, 0.3) is 5.91 Å². The summed E-state index contributed by atoms with van der Waals surface area (Å²) in [6.45, 7) is 1.17. The second-order valence-electron chi connectivity index (χ2n) is 5.42. The van der Waals surface area contributed by atoms with Crippen LogP contribution >= 0.6 is 15.9 Å². The van der Waals surface area contributed by atoms with Gasteiger partial charge in [0, 0.05) is 22.3 Å². The predicted octanol–water partition coefficient (Wildman–Crippen LogP) is 2.20. The van der Waals surface area contributed by atoms with Crippen molar-refractivity contribution in [1.29, 1.82) is 0 Å². The van der Waals surface area contributed by atoms with Gasteiger partial charge in [-0.25, -0.2) is 4.68 Å². The van der Waals surface area contributed by atoms with Crippen molar-refractivity contribution in [3.8, 4) is 5.69 Å². The van der Waals surface area contributed by atoms with Crippen molar-refractivity contribution in [2.45, 2.75) is 25.7 Å². The van der Waals surface area contributed by atoms with Crippen LogP contribution in [0.1, 0.15) is 34.6 Å². The molecule has 1 heterocycles. The lowest BCUT2D eigenvalue weighted by molar-refractivity contribution is 0.0947. The van der Waals surface area contributed by atoms with Gasteiger partial charge in [0.1, 0.15) is 0 Å². The van der Waals surface area contributed by atoms with Gasteiger partial charge in [-0.05, 0) is 50.4 Å². The number of nitrogens with one attached hydrogen (secondary N) is 1. The van der Waals surface area contributed by atoms with Gasteiger partial charge >= 0.3 is 0 Å². The smallest absolute Gasteiger partial charge is 0.272 e. The number of benzene rings is 1. The molecule has 3 N–H and O–H groups in total. The second kappa shape index (κ2) is 6.62.